The van der Waals surface area contributed by atoms with E-state index in [2.05, 4.69) is 10.6 Å². The molecule has 1 aromatic carbocycles. The van der Waals surface area contributed by atoms with Gasteiger partial charge in [-0.25, -0.2) is 4.39 Å². The minimum absolute atomic E-state index is 0.0734. The third kappa shape index (κ3) is 3.44. The van der Waals surface area contributed by atoms with Crippen molar-refractivity contribution in [1.82, 2.24) is 5.32 Å². The summed E-state index contributed by atoms with van der Waals surface area (Å²) in [5.41, 5.74) is 0.544. The van der Waals surface area contributed by atoms with Crippen LogP contribution in [0.2, 0.25) is 0 Å². The molecule has 1 unspecified atom stereocenters. The van der Waals surface area contributed by atoms with E-state index in [9.17, 15) is 9.18 Å². The quantitative estimate of drug-likeness (QED) is 0.878. The van der Waals surface area contributed by atoms with E-state index >= 15 is 0 Å². The van der Waals surface area contributed by atoms with Crippen molar-refractivity contribution in [1.29, 1.82) is 0 Å². The van der Waals surface area contributed by atoms with Crippen molar-refractivity contribution >= 4 is 11.6 Å². The standard InChI is InChI=1S/C14H19FN2O2/c1-16-13-11(6-4-7-12(13)15)14(18)17-9-10-5-2-3-8-19-10/h4,6-7,10,16H,2-3,5,8-9H2,1H3,(H,17,18). The van der Waals surface area contributed by atoms with Crippen LogP contribution in [-0.2, 0) is 4.74 Å². The number of anilines is 1. The third-order valence-electron chi connectivity index (χ3n) is 3.27. The van der Waals surface area contributed by atoms with E-state index in [4.69, 9.17) is 4.74 Å². The monoisotopic (exact) mass is 266 g/mol. The van der Waals surface area contributed by atoms with Gasteiger partial charge >= 0.3 is 0 Å². The number of para-hydroxylation sites is 1. The van der Waals surface area contributed by atoms with Crippen molar-refractivity contribution in [2.45, 2.75) is 25.4 Å². The van der Waals surface area contributed by atoms with Gasteiger partial charge in [-0.3, -0.25) is 4.79 Å². The molecule has 2 rings (SSSR count). The molecule has 104 valence electrons. The van der Waals surface area contributed by atoms with Gasteiger partial charge in [0.15, 0.2) is 0 Å². The molecular formula is C14H19FN2O2. The summed E-state index contributed by atoms with van der Waals surface area (Å²) in [7, 11) is 1.60. The number of hydrogen-bond acceptors (Lipinski definition) is 3. The van der Waals surface area contributed by atoms with Crippen LogP contribution in [0, 0.1) is 5.82 Å². The first-order chi connectivity index (χ1) is 9.22. The molecule has 2 N–H and O–H groups in total. The molecular weight excluding hydrogens is 247 g/mol. The van der Waals surface area contributed by atoms with E-state index in [1.165, 1.54) is 12.1 Å². The Balaban J connectivity index is 1.97. The highest BCUT2D eigenvalue weighted by molar-refractivity contribution is 5.99. The summed E-state index contributed by atoms with van der Waals surface area (Å²) in [6, 6.07) is 4.46. The second kappa shape index (κ2) is 6.52. The van der Waals surface area contributed by atoms with E-state index in [0.29, 0.717) is 12.1 Å². The van der Waals surface area contributed by atoms with Gasteiger partial charge in [0.2, 0.25) is 0 Å². The fraction of sp³-hybridized carbons (Fsp3) is 0.500. The number of carbonyl (C=O) groups excluding carboxylic acids is 1. The van der Waals surface area contributed by atoms with E-state index in [1.807, 2.05) is 0 Å². The Labute approximate surface area is 112 Å². The normalized spacial score (nSPS) is 18.9. The molecule has 1 aromatic rings. The molecule has 1 fully saturated rings. The summed E-state index contributed by atoms with van der Waals surface area (Å²) >= 11 is 0. The Morgan fingerprint density at radius 2 is 2.32 bits per heavy atom. The number of amides is 1. The molecule has 0 radical (unpaired) electrons. The molecule has 1 saturated heterocycles. The summed E-state index contributed by atoms with van der Waals surface area (Å²) < 4.78 is 19.1. The molecule has 1 aliphatic heterocycles. The van der Waals surface area contributed by atoms with Crippen LogP contribution >= 0.6 is 0 Å². The number of nitrogens with one attached hydrogen (secondary N) is 2. The molecule has 19 heavy (non-hydrogen) atoms. The van der Waals surface area contributed by atoms with E-state index in [0.717, 1.165) is 25.9 Å². The van der Waals surface area contributed by atoms with Crippen molar-refractivity contribution in [3.05, 3.63) is 29.6 Å². The average Bonchev–Trinajstić information content (AvgIpc) is 2.45. The van der Waals surface area contributed by atoms with Crippen LogP contribution in [0.15, 0.2) is 18.2 Å². The predicted octanol–water partition coefficient (Wildman–Crippen LogP) is 2.17. The van der Waals surface area contributed by atoms with Crippen LogP contribution < -0.4 is 10.6 Å². The molecule has 0 spiro atoms. The Morgan fingerprint density at radius 1 is 1.47 bits per heavy atom. The topological polar surface area (TPSA) is 50.4 Å². The Hall–Kier alpha value is -1.62. The molecule has 1 aliphatic rings. The lowest BCUT2D eigenvalue weighted by molar-refractivity contribution is 0.0169. The Bertz CT molecular complexity index is 445. The number of rotatable bonds is 4. The summed E-state index contributed by atoms with van der Waals surface area (Å²) in [6.07, 6.45) is 3.24. The lowest BCUT2D eigenvalue weighted by atomic mass is 10.1. The first kappa shape index (κ1) is 13.8. The number of ether oxygens (including phenoxy) is 1. The zero-order chi connectivity index (χ0) is 13.7. The molecule has 1 heterocycles. The van der Waals surface area contributed by atoms with Gasteiger partial charge in [0.25, 0.3) is 5.91 Å². The van der Waals surface area contributed by atoms with E-state index in [-0.39, 0.29) is 17.7 Å². The van der Waals surface area contributed by atoms with E-state index < -0.39 is 5.82 Å². The van der Waals surface area contributed by atoms with Crippen molar-refractivity contribution in [3.8, 4) is 0 Å². The molecule has 0 bridgehead atoms. The fourth-order valence-corrected chi connectivity index (χ4v) is 2.24. The van der Waals surface area contributed by atoms with Gasteiger partial charge in [0.05, 0.1) is 17.4 Å². The number of hydrogen-bond donors (Lipinski definition) is 2. The smallest absolute Gasteiger partial charge is 0.253 e. The van der Waals surface area contributed by atoms with Crippen molar-refractivity contribution in [2.24, 2.45) is 0 Å². The highest BCUT2D eigenvalue weighted by Crippen LogP contribution is 2.19. The highest BCUT2D eigenvalue weighted by Gasteiger charge is 2.17. The van der Waals surface area contributed by atoms with Crippen LogP contribution in [0.1, 0.15) is 29.6 Å². The molecule has 0 aromatic heterocycles. The predicted molar refractivity (Wildman–Crippen MR) is 71.9 cm³/mol. The number of benzene rings is 1. The second-order valence-electron chi connectivity index (χ2n) is 4.61. The second-order valence-corrected chi connectivity index (χ2v) is 4.61. The summed E-state index contributed by atoms with van der Waals surface area (Å²) in [4.78, 5) is 12.0. The van der Waals surface area contributed by atoms with Gasteiger partial charge in [0.1, 0.15) is 5.82 Å². The average molecular weight is 266 g/mol. The maximum Gasteiger partial charge on any atom is 0.253 e. The summed E-state index contributed by atoms with van der Waals surface area (Å²) in [5.74, 6) is -0.706. The Kier molecular flexibility index (Phi) is 4.74. The van der Waals surface area contributed by atoms with Crippen LogP contribution in [0.25, 0.3) is 0 Å². The van der Waals surface area contributed by atoms with E-state index in [1.54, 1.807) is 13.1 Å². The van der Waals surface area contributed by atoms with Gasteiger partial charge in [-0.2, -0.15) is 0 Å². The molecule has 5 heteroatoms. The number of halogens is 1. The zero-order valence-electron chi connectivity index (χ0n) is 11.0. The SMILES string of the molecule is CNc1c(F)cccc1C(=O)NCC1CCCCO1. The molecule has 1 atom stereocenters. The fourth-order valence-electron chi connectivity index (χ4n) is 2.24. The van der Waals surface area contributed by atoms with Gasteiger partial charge in [-0.15, -0.1) is 0 Å². The molecule has 0 aliphatic carbocycles. The van der Waals surface area contributed by atoms with Crippen LogP contribution in [0.3, 0.4) is 0 Å². The summed E-state index contributed by atoms with van der Waals surface area (Å²) in [6.45, 7) is 1.22. The highest BCUT2D eigenvalue weighted by atomic mass is 19.1. The van der Waals surface area contributed by atoms with Crippen LogP contribution in [-0.4, -0.2) is 32.2 Å². The van der Waals surface area contributed by atoms with Gasteiger partial charge in [0, 0.05) is 20.2 Å². The van der Waals surface area contributed by atoms with Gasteiger partial charge in [-0.05, 0) is 31.4 Å². The maximum atomic E-state index is 13.5. The first-order valence-electron chi connectivity index (χ1n) is 6.58. The lowest BCUT2D eigenvalue weighted by Gasteiger charge is -2.23. The van der Waals surface area contributed by atoms with Gasteiger partial charge < -0.3 is 15.4 Å². The molecule has 4 nitrogen and oxygen atoms in total. The van der Waals surface area contributed by atoms with Crippen molar-refractivity contribution in [3.63, 3.8) is 0 Å². The van der Waals surface area contributed by atoms with Crippen molar-refractivity contribution < 1.29 is 13.9 Å². The first-order valence-corrected chi connectivity index (χ1v) is 6.58. The van der Waals surface area contributed by atoms with Crippen LogP contribution in [0.5, 0.6) is 0 Å². The Morgan fingerprint density at radius 3 is 3.00 bits per heavy atom. The molecule has 0 saturated carbocycles. The van der Waals surface area contributed by atoms with Crippen molar-refractivity contribution in [2.75, 3.05) is 25.5 Å². The molecule has 1 amide bonds. The minimum atomic E-state index is -0.427. The minimum Gasteiger partial charge on any atom is -0.385 e. The maximum absolute atomic E-state index is 13.5. The van der Waals surface area contributed by atoms with Crippen LogP contribution in [0.4, 0.5) is 10.1 Å². The number of carbonyl (C=O) groups is 1. The zero-order valence-corrected chi connectivity index (χ0v) is 11.0. The third-order valence-corrected chi connectivity index (χ3v) is 3.27. The lowest BCUT2D eigenvalue weighted by Crippen LogP contribution is -2.35. The summed E-state index contributed by atoms with van der Waals surface area (Å²) in [5, 5.41) is 5.52. The van der Waals surface area contributed by atoms with Gasteiger partial charge in [-0.1, -0.05) is 6.07 Å². The largest absolute Gasteiger partial charge is 0.385 e.